The van der Waals surface area contributed by atoms with Crippen LogP contribution < -0.4 is 15.4 Å². The van der Waals surface area contributed by atoms with Gasteiger partial charge in [-0.15, -0.1) is 0 Å². The van der Waals surface area contributed by atoms with Crippen molar-refractivity contribution in [3.63, 3.8) is 0 Å². The van der Waals surface area contributed by atoms with Gasteiger partial charge in [-0.05, 0) is 75.4 Å². The standard InChI is InChI=1S/C26H34F2N4O3/c1-16(2)34-26(33)31-10-8-18(9-11-31)17(3)35-20-5-7-25(30-13-20)32-14-22(24(29)15-32)21-12-19(27)4-6-23(21)28/h4-7,12-13,16-18,22,24H,8-11,14-15,29H2,1-3H3. The highest BCUT2D eigenvalue weighted by Gasteiger charge is 2.34. The SMILES string of the molecule is CC(C)OC(=O)N1CCC(C(C)Oc2ccc(N3CC(N)C(c4cc(F)ccc4F)C3)nc2)CC1. The first-order valence-electron chi connectivity index (χ1n) is 12.2. The highest BCUT2D eigenvalue weighted by atomic mass is 19.1. The molecular formula is C26H34F2N4O3. The average molecular weight is 489 g/mol. The summed E-state index contributed by atoms with van der Waals surface area (Å²) >= 11 is 0. The smallest absolute Gasteiger partial charge is 0.410 e. The Morgan fingerprint density at radius 2 is 1.86 bits per heavy atom. The summed E-state index contributed by atoms with van der Waals surface area (Å²) in [5, 5.41) is 0. The normalized spacial score (nSPS) is 21.9. The number of halogens is 2. The van der Waals surface area contributed by atoms with Gasteiger partial charge >= 0.3 is 6.09 Å². The van der Waals surface area contributed by atoms with E-state index in [1.807, 2.05) is 37.8 Å². The van der Waals surface area contributed by atoms with Gasteiger partial charge in [-0.25, -0.2) is 18.6 Å². The first-order chi connectivity index (χ1) is 16.7. The minimum absolute atomic E-state index is 0.0218. The first-order valence-corrected chi connectivity index (χ1v) is 12.2. The molecule has 2 aromatic rings. The summed E-state index contributed by atoms with van der Waals surface area (Å²) in [6.45, 7) is 8.01. The predicted molar refractivity (Wildman–Crippen MR) is 130 cm³/mol. The quantitative estimate of drug-likeness (QED) is 0.653. The van der Waals surface area contributed by atoms with Crippen molar-refractivity contribution >= 4 is 11.9 Å². The molecule has 0 saturated carbocycles. The second kappa shape index (κ2) is 10.8. The zero-order chi connectivity index (χ0) is 25.1. The molecule has 0 aliphatic carbocycles. The van der Waals surface area contributed by atoms with E-state index in [-0.39, 0.29) is 30.3 Å². The fourth-order valence-corrected chi connectivity index (χ4v) is 4.91. The molecule has 1 aromatic carbocycles. The molecule has 1 amide bonds. The molecule has 0 spiro atoms. The van der Waals surface area contributed by atoms with Crippen molar-refractivity contribution in [1.29, 1.82) is 0 Å². The van der Waals surface area contributed by atoms with Gasteiger partial charge in [-0.3, -0.25) is 0 Å². The number of carbonyl (C=O) groups is 1. The number of hydrogen-bond donors (Lipinski definition) is 1. The molecule has 3 atom stereocenters. The lowest BCUT2D eigenvalue weighted by Crippen LogP contribution is -2.42. The van der Waals surface area contributed by atoms with Crippen LogP contribution >= 0.6 is 0 Å². The number of pyridine rings is 1. The molecule has 7 nitrogen and oxygen atoms in total. The van der Waals surface area contributed by atoms with Crippen LogP contribution in [0, 0.1) is 17.6 Å². The minimum Gasteiger partial charge on any atom is -0.489 e. The van der Waals surface area contributed by atoms with Crippen molar-refractivity contribution < 1.29 is 23.0 Å². The van der Waals surface area contributed by atoms with Gasteiger partial charge in [0, 0.05) is 38.1 Å². The third-order valence-electron chi connectivity index (χ3n) is 6.89. The van der Waals surface area contributed by atoms with E-state index >= 15 is 0 Å². The molecule has 190 valence electrons. The third kappa shape index (κ3) is 6.01. The van der Waals surface area contributed by atoms with E-state index in [1.54, 1.807) is 11.1 Å². The fourth-order valence-electron chi connectivity index (χ4n) is 4.91. The summed E-state index contributed by atoms with van der Waals surface area (Å²) in [5.74, 6) is 0.489. The maximum absolute atomic E-state index is 14.3. The number of nitrogens with zero attached hydrogens (tertiary/aromatic N) is 3. The Hall–Kier alpha value is -2.94. The van der Waals surface area contributed by atoms with Crippen LogP contribution in [0.1, 0.15) is 45.1 Å². The van der Waals surface area contributed by atoms with Gasteiger partial charge in [0.1, 0.15) is 23.2 Å². The summed E-state index contributed by atoms with van der Waals surface area (Å²) in [5.41, 5.74) is 6.58. The second-order valence-corrected chi connectivity index (χ2v) is 9.77. The number of amides is 1. The van der Waals surface area contributed by atoms with Crippen molar-refractivity contribution in [2.24, 2.45) is 11.7 Å². The molecule has 2 aliphatic rings. The molecule has 2 N–H and O–H groups in total. The molecule has 2 saturated heterocycles. The van der Waals surface area contributed by atoms with Crippen molar-refractivity contribution in [2.45, 2.75) is 57.8 Å². The molecular weight excluding hydrogens is 454 g/mol. The summed E-state index contributed by atoms with van der Waals surface area (Å²) in [4.78, 5) is 20.4. The highest BCUT2D eigenvalue weighted by molar-refractivity contribution is 5.67. The largest absolute Gasteiger partial charge is 0.489 e. The lowest BCUT2D eigenvalue weighted by atomic mass is 9.92. The molecule has 1 aromatic heterocycles. The van der Waals surface area contributed by atoms with Crippen molar-refractivity contribution in [2.75, 3.05) is 31.1 Å². The van der Waals surface area contributed by atoms with E-state index in [9.17, 15) is 13.6 Å². The lowest BCUT2D eigenvalue weighted by molar-refractivity contribution is 0.0494. The number of aromatic nitrogens is 1. The number of hydrogen-bond acceptors (Lipinski definition) is 6. The molecule has 4 rings (SSSR count). The Morgan fingerprint density at radius 1 is 1.11 bits per heavy atom. The van der Waals surface area contributed by atoms with E-state index in [1.165, 1.54) is 6.07 Å². The number of benzene rings is 1. The first kappa shape index (κ1) is 25.2. The minimum atomic E-state index is -0.470. The Balaban J connectivity index is 1.31. The van der Waals surface area contributed by atoms with Crippen LogP contribution in [0.25, 0.3) is 0 Å². The Bertz CT molecular complexity index is 1010. The van der Waals surface area contributed by atoms with Gasteiger partial charge in [0.05, 0.1) is 18.4 Å². The molecule has 3 heterocycles. The number of nitrogens with two attached hydrogens (primary N) is 1. The predicted octanol–water partition coefficient (Wildman–Crippen LogP) is 4.32. The maximum Gasteiger partial charge on any atom is 0.410 e. The molecule has 0 radical (unpaired) electrons. The van der Waals surface area contributed by atoms with Crippen LogP contribution in [0.4, 0.5) is 19.4 Å². The van der Waals surface area contributed by atoms with Crippen LogP contribution in [0.2, 0.25) is 0 Å². The van der Waals surface area contributed by atoms with E-state index in [0.717, 1.165) is 30.8 Å². The molecule has 3 unspecified atom stereocenters. The zero-order valence-electron chi connectivity index (χ0n) is 20.5. The molecule has 35 heavy (non-hydrogen) atoms. The Morgan fingerprint density at radius 3 is 2.51 bits per heavy atom. The van der Waals surface area contributed by atoms with E-state index in [2.05, 4.69) is 4.98 Å². The Kier molecular flexibility index (Phi) is 7.74. The van der Waals surface area contributed by atoms with Gasteiger partial charge in [-0.1, -0.05) is 0 Å². The summed E-state index contributed by atoms with van der Waals surface area (Å²) in [6.07, 6.45) is 2.99. The van der Waals surface area contributed by atoms with Crippen LogP contribution in [-0.2, 0) is 4.74 Å². The highest BCUT2D eigenvalue weighted by Crippen LogP contribution is 2.32. The summed E-state index contributed by atoms with van der Waals surface area (Å²) in [7, 11) is 0. The molecule has 0 bridgehead atoms. The van der Waals surface area contributed by atoms with Crippen LogP contribution in [-0.4, -0.2) is 60.4 Å². The van der Waals surface area contributed by atoms with Crippen molar-refractivity contribution in [3.8, 4) is 5.75 Å². The summed E-state index contributed by atoms with van der Waals surface area (Å²) < 4.78 is 39.3. The monoisotopic (exact) mass is 488 g/mol. The fraction of sp³-hybridized carbons (Fsp3) is 0.538. The number of carbonyl (C=O) groups excluding carboxylic acids is 1. The number of ether oxygens (including phenoxy) is 2. The second-order valence-electron chi connectivity index (χ2n) is 9.77. The van der Waals surface area contributed by atoms with E-state index in [0.29, 0.717) is 43.4 Å². The van der Waals surface area contributed by atoms with Crippen molar-refractivity contribution in [3.05, 3.63) is 53.7 Å². The maximum atomic E-state index is 14.3. The number of piperidine rings is 1. The lowest BCUT2D eigenvalue weighted by Gasteiger charge is -2.34. The van der Waals surface area contributed by atoms with Gasteiger partial charge in [0.15, 0.2) is 0 Å². The van der Waals surface area contributed by atoms with Crippen LogP contribution in [0.5, 0.6) is 5.75 Å². The average Bonchev–Trinajstić information content (AvgIpc) is 3.22. The van der Waals surface area contributed by atoms with Gasteiger partial charge in [0.2, 0.25) is 0 Å². The van der Waals surface area contributed by atoms with Crippen molar-refractivity contribution in [1.82, 2.24) is 9.88 Å². The van der Waals surface area contributed by atoms with Gasteiger partial charge in [0.25, 0.3) is 0 Å². The summed E-state index contributed by atoms with van der Waals surface area (Å²) in [6, 6.07) is 6.90. The Labute approximate surface area is 205 Å². The van der Waals surface area contributed by atoms with E-state index in [4.69, 9.17) is 15.2 Å². The topological polar surface area (TPSA) is 80.9 Å². The number of likely N-dealkylation sites (tertiary alicyclic amines) is 1. The third-order valence-corrected chi connectivity index (χ3v) is 6.89. The van der Waals surface area contributed by atoms with E-state index < -0.39 is 11.6 Å². The van der Waals surface area contributed by atoms with Gasteiger partial charge < -0.3 is 25.0 Å². The number of anilines is 1. The zero-order valence-corrected chi connectivity index (χ0v) is 20.5. The molecule has 9 heteroatoms. The molecule has 2 fully saturated rings. The number of rotatable bonds is 6. The van der Waals surface area contributed by atoms with Crippen LogP contribution in [0.3, 0.4) is 0 Å². The molecule has 2 aliphatic heterocycles. The van der Waals surface area contributed by atoms with Crippen LogP contribution in [0.15, 0.2) is 36.5 Å². The van der Waals surface area contributed by atoms with Gasteiger partial charge in [-0.2, -0.15) is 0 Å².